The van der Waals surface area contributed by atoms with Crippen LogP contribution in [0.15, 0.2) is 18.2 Å². The van der Waals surface area contributed by atoms with Crippen LogP contribution in [0.2, 0.25) is 10.0 Å². The third-order valence-electron chi connectivity index (χ3n) is 4.42. The lowest BCUT2D eigenvalue weighted by Crippen LogP contribution is -2.06. The van der Waals surface area contributed by atoms with Gasteiger partial charge in [0.2, 0.25) is 0 Å². The van der Waals surface area contributed by atoms with Crippen LogP contribution in [-0.4, -0.2) is 0 Å². The molecule has 0 saturated carbocycles. The van der Waals surface area contributed by atoms with Crippen molar-refractivity contribution in [2.75, 3.05) is 0 Å². The largest absolute Gasteiger partial charge is 0.487 e. The van der Waals surface area contributed by atoms with Crippen LogP contribution >= 0.6 is 23.2 Å². The molecule has 21 heavy (non-hydrogen) atoms. The molecular weight excluding hydrogens is 303 g/mol. The van der Waals surface area contributed by atoms with Crippen molar-refractivity contribution in [2.45, 2.75) is 41.2 Å². The zero-order valence-electron chi connectivity index (χ0n) is 13.1. The summed E-state index contributed by atoms with van der Waals surface area (Å²) in [6.07, 6.45) is 0. The molecule has 0 aliphatic carbocycles. The van der Waals surface area contributed by atoms with E-state index in [0.717, 1.165) is 0 Å². The maximum absolute atomic E-state index is 6.15. The second-order valence-electron chi connectivity index (χ2n) is 5.47. The summed E-state index contributed by atoms with van der Waals surface area (Å²) in [4.78, 5) is 0. The normalized spacial score (nSPS) is 10.8. The molecule has 0 aliphatic rings. The van der Waals surface area contributed by atoms with E-state index in [1.54, 1.807) is 12.1 Å². The van der Waals surface area contributed by atoms with Gasteiger partial charge in [-0.15, -0.1) is 0 Å². The van der Waals surface area contributed by atoms with Gasteiger partial charge in [0.25, 0.3) is 0 Å². The van der Waals surface area contributed by atoms with Crippen LogP contribution < -0.4 is 4.74 Å². The van der Waals surface area contributed by atoms with Crippen LogP contribution in [0.1, 0.15) is 33.4 Å². The van der Waals surface area contributed by atoms with E-state index in [2.05, 4.69) is 34.6 Å². The minimum absolute atomic E-state index is 0.515. The van der Waals surface area contributed by atoms with Crippen molar-refractivity contribution < 1.29 is 4.74 Å². The Kier molecular flexibility index (Phi) is 4.85. The van der Waals surface area contributed by atoms with Gasteiger partial charge in [-0.05, 0) is 86.2 Å². The van der Waals surface area contributed by atoms with E-state index in [1.165, 1.54) is 33.4 Å². The fraction of sp³-hybridized carbons (Fsp3) is 0.333. The van der Waals surface area contributed by atoms with Crippen LogP contribution in [-0.2, 0) is 6.61 Å². The molecule has 2 aromatic rings. The second kappa shape index (κ2) is 6.29. The average molecular weight is 323 g/mol. The van der Waals surface area contributed by atoms with Gasteiger partial charge in [-0.2, -0.15) is 0 Å². The predicted octanol–water partition coefficient (Wildman–Crippen LogP) is 6.11. The van der Waals surface area contributed by atoms with Gasteiger partial charge in [0.05, 0.1) is 5.02 Å². The van der Waals surface area contributed by atoms with Crippen molar-refractivity contribution in [1.29, 1.82) is 0 Å². The first kappa shape index (κ1) is 16.2. The lowest BCUT2D eigenvalue weighted by molar-refractivity contribution is 0.304. The Bertz CT molecular complexity index is 661. The minimum Gasteiger partial charge on any atom is -0.487 e. The Morgan fingerprint density at radius 3 is 1.86 bits per heavy atom. The smallest absolute Gasteiger partial charge is 0.138 e. The van der Waals surface area contributed by atoms with E-state index < -0.39 is 0 Å². The predicted molar refractivity (Wildman–Crippen MR) is 90.9 cm³/mol. The lowest BCUT2D eigenvalue weighted by Gasteiger charge is -2.19. The van der Waals surface area contributed by atoms with E-state index in [9.17, 15) is 0 Å². The summed E-state index contributed by atoms with van der Waals surface area (Å²) >= 11 is 12.1. The van der Waals surface area contributed by atoms with Crippen LogP contribution in [0, 0.1) is 34.6 Å². The number of hydrogen-bond acceptors (Lipinski definition) is 1. The van der Waals surface area contributed by atoms with Crippen molar-refractivity contribution in [2.24, 2.45) is 0 Å². The highest BCUT2D eigenvalue weighted by Gasteiger charge is 2.13. The molecule has 3 heteroatoms. The summed E-state index contributed by atoms with van der Waals surface area (Å²) < 4.78 is 5.90. The van der Waals surface area contributed by atoms with Crippen molar-refractivity contribution in [3.8, 4) is 5.75 Å². The van der Waals surface area contributed by atoms with Crippen molar-refractivity contribution in [3.05, 3.63) is 61.6 Å². The molecule has 0 atom stereocenters. The molecule has 1 nitrogen and oxygen atoms in total. The molecule has 2 aromatic carbocycles. The second-order valence-corrected chi connectivity index (χ2v) is 6.31. The van der Waals surface area contributed by atoms with Crippen LogP contribution in [0.3, 0.4) is 0 Å². The Hall–Kier alpha value is -1.18. The number of hydrogen-bond donors (Lipinski definition) is 0. The maximum atomic E-state index is 6.15. The summed E-state index contributed by atoms with van der Waals surface area (Å²) in [6, 6.07) is 5.29. The monoisotopic (exact) mass is 322 g/mol. The van der Waals surface area contributed by atoms with E-state index in [-0.39, 0.29) is 0 Å². The summed E-state index contributed by atoms with van der Waals surface area (Å²) in [5.74, 6) is 0.663. The molecular formula is C18H20Cl2O. The van der Waals surface area contributed by atoms with Gasteiger partial charge < -0.3 is 4.74 Å². The zero-order chi connectivity index (χ0) is 15.7. The fourth-order valence-corrected chi connectivity index (χ4v) is 3.00. The van der Waals surface area contributed by atoms with Crippen LogP contribution in [0.4, 0.5) is 0 Å². The molecule has 2 rings (SSSR count). The van der Waals surface area contributed by atoms with Crippen molar-refractivity contribution in [1.82, 2.24) is 0 Å². The average Bonchev–Trinajstić information content (AvgIpc) is 2.45. The van der Waals surface area contributed by atoms with Crippen molar-refractivity contribution in [3.63, 3.8) is 0 Å². The van der Waals surface area contributed by atoms with Gasteiger partial charge in [-0.25, -0.2) is 0 Å². The molecule has 0 heterocycles. The summed E-state index contributed by atoms with van der Waals surface area (Å²) in [6.45, 7) is 11.3. The molecule has 112 valence electrons. The third-order valence-corrected chi connectivity index (χ3v) is 4.95. The highest BCUT2D eigenvalue weighted by molar-refractivity contribution is 6.35. The maximum Gasteiger partial charge on any atom is 0.138 e. The van der Waals surface area contributed by atoms with E-state index in [4.69, 9.17) is 27.9 Å². The van der Waals surface area contributed by atoms with Gasteiger partial charge in [-0.1, -0.05) is 23.2 Å². The highest BCUT2D eigenvalue weighted by atomic mass is 35.5. The lowest BCUT2D eigenvalue weighted by atomic mass is 9.90. The van der Waals surface area contributed by atoms with Crippen LogP contribution in [0.5, 0.6) is 5.75 Å². The van der Waals surface area contributed by atoms with E-state index in [1.807, 2.05) is 6.07 Å². The first-order chi connectivity index (χ1) is 9.82. The fourth-order valence-electron chi connectivity index (χ4n) is 2.54. The Labute approximate surface area is 136 Å². The molecule has 0 aromatic heterocycles. The molecule has 0 bridgehead atoms. The number of rotatable bonds is 3. The molecule has 0 aliphatic heterocycles. The van der Waals surface area contributed by atoms with E-state index >= 15 is 0 Å². The molecule has 0 fully saturated rings. The third kappa shape index (κ3) is 3.20. The molecule has 0 N–H and O–H groups in total. The molecule has 0 amide bonds. The first-order valence-corrected chi connectivity index (χ1v) is 7.72. The Morgan fingerprint density at radius 1 is 0.810 bits per heavy atom. The van der Waals surface area contributed by atoms with Gasteiger partial charge in [-0.3, -0.25) is 0 Å². The minimum atomic E-state index is 0.515. The number of halogens is 2. The quantitative estimate of drug-likeness (QED) is 0.661. The summed E-state index contributed by atoms with van der Waals surface area (Å²) in [5.41, 5.74) is 7.85. The SMILES string of the molecule is Cc1c(C)c(C)c(COc2ccc(Cl)cc2Cl)c(C)c1C. The molecule has 0 unspecified atom stereocenters. The standard InChI is InChI=1S/C18H20Cl2O/c1-10-11(2)13(4)16(14(5)12(10)3)9-21-18-7-6-15(19)8-17(18)20/h6-8H,9H2,1-5H3. The van der Waals surface area contributed by atoms with Gasteiger partial charge >= 0.3 is 0 Å². The summed E-state index contributed by atoms with van der Waals surface area (Å²) in [7, 11) is 0. The van der Waals surface area contributed by atoms with Crippen molar-refractivity contribution >= 4 is 23.2 Å². The summed E-state index contributed by atoms with van der Waals surface area (Å²) in [5, 5.41) is 1.15. The zero-order valence-corrected chi connectivity index (χ0v) is 14.6. The highest BCUT2D eigenvalue weighted by Crippen LogP contribution is 2.30. The van der Waals surface area contributed by atoms with Gasteiger partial charge in [0.15, 0.2) is 0 Å². The topological polar surface area (TPSA) is 9.23 Å². The van der Waals surface area contributed by atoms with Gasteiger partial charge in [0.1, 0.15) is 12.4 Å². The molecule has 0 spiro atoms. The van der Waals surface area contributed by atoms with Gasteiger partial charge in [0, 0.05) is 5.02 Å². The Balaban J connectivity index is 2.32. The first-order valence-electron chi connectivity index (χ1n) is 6.96. The van der Waals surface area contributed by atoms with E-state index in [0.29, 0.717) is 22.4 Å². The Morgan fingerprint density at radius 2 is 1.33 bits per heavy atom. The molecule has 0 saturated heterocycles. The number of ether oxygens (including phenoxy) is 1. The number of benzene rings is 2. The molecule has 0 radical (unpaired) electrons. The van der Waals surface area contributed by atoms with Crippen LogP contribution in [0.25, 0.3) is 0 Å².